The lowest BCUT2D eigenvalue weighted by molar-refractivity contribution is -0.0220. The fourth-order valence-corrected chi connectivity index (χ4v) is 5.72. The number of anilines is 1. The van der Waals surface area contributed by atoms with E-state index in [1.807, 2.05) is 41.3 Å². The number of carbonyl (C=O) groups excluding carboxylic acids is 1. The zero-order valence-electron chi connectivity index (χ0n) is 20.8. The number of nitrogens with zero attached hydrogens (tertiary/aromatic N) is 3. The maximum Gasteiger partial charge on any atom is 0.337 e. The quantitative estimate of drug-likeness (QED) is 0.293. The van der Waals surface area contributed by atoms with Gasteiger partial charge in [0.1, 0.15) is 0 Å². The number of imidazole rings is 1. The van der Waals surface area contributed by atoms with Crippen LogP contribution >= 0.6 is 11.6 Å². The van der Waals surface area contributed by atoms with Crippen molar-refractivity contribution in [1.29, 1.82) is 0 Å². The Morgan fingerprint density at radius 1 is 0.895 bits per heavy atom. The number of hydrogen-bond donors (Lipinski definition) is 0. The van der Waals surface area contributed by atoms with Gasteiger partial charge < -0.3 is 9.64 Å². The van der Waals surface area contributed by atoms with E-state index in [0.29, 0.717) is 21.8 Å². The van der Waals surface area contributed by atoms with E-state index in [0.717, 1.165) is 29.6 Å². The van der Waals surface area contributed by atoms with Crippen molar-refractivity contribution in [3.63, 3.8) is 0 Å². The lowest BCUT2D eigenvalue weighted by Gasteiger charge is -2.33. The molecule has 38 heavy (non-hydrogen) atoms. The van der Waals surface area contributed by atoms with Gasteiger partial charge in [-0.2, -0.15) is 0 Å². The van der Waals surface area contributed by atoms with E-state index < -0.39 is 17.4 Å². The standard InChI is InChI=1S/C29H26ClF2N3O3/c1-38-26(36)19-3-2-4-20(17-19)28(11-12-28)35-24-10-5-21(30)18-25(24)34(27(35)37)23-8-6-22(7-9-23)33-15-13-29(31,32)14-16-33/h2-10,17-18H,11-16H2,1H3. The van der Waals surface area contributed by atoms with Crippen molar-refractivity contribution in [1.82, 2.24) is 9.13 Å². The molecule has 6 nitrogen and oxygen atoms in total. The molecule has 9 heteroatoms. The molecule has 196 valence electrons. The van der Waals surface area contributed by atoms with Gasteiger partial charge in [0, 0.05) is 36.6 Å². The summed E-state index contributed by atoms with van der Waals surface area (Å²) in [4.78, 5) is 28.2. The summed E-state index contributed by atoms with van der Waals surface area (Å²) < 4.78 is 35.6. The number of fused-ring (bicyclic) bond motifs is 1. The minimum absolute atomic E-state index is 0.167. The van der Waals surface area contributed by atoms with Crippen LogP contribution in [0.15, 0.2) is 71.5 Å². The molecule has 2 heterocycles. The highest BCUT2D eigenvalue weighted by Crippen LogP contribution is 2.50. The van der Waals surface area contributed by atoms with Crippen LogP contribution < -0.4 is 10.6 Å². The van der Waals surface area contributed by atoms with Crippen molar-refractivity contribution in [2.24, 2.45) is 0 Å². The third-order valence-electron chi connectivity index (χ3n) is 7.74. The molecule has 4 aromatic rings. The number of carbonyl (C=O) groups is 1. The largest absolute Gasteiger partial charge is 0.465 e. The molecular weight excluding hydrogens is 512 g/mol. The summed E-state index contributed by atoms with van der Waals surface area (Å²) in [6.45, 7) is 0.572. The van der Waals surface area contributed by atoms with E-state index in [1.54, 1.807) is 39.5 Å². The fourth-order valence-electron chi connectivity index (χ4n) is 5.55. The first kappa shape index (κ1) is 24.7. The van der Waals surface area contributed by atoms with E-state index >= 15 is 0 Å². The third kappa shape index (κ3) is 4.07. The fraction of sp³-hybridized carbons (Fsp3) is 0.310. The highest BCUT2D eigenvalue weighted by atomic mass is 35.5. The molecule has 0 unspecified atom stereocenters. The zero-order chi connectivity index (χ0) is 26.7. The van der Waals surface area contributed by atoms with E-state index in [1.165, 1.54) is 7.11 Å². The Bertz CT molecular complexity index is 1600. The average molecular weight is 538 g/mol. The summed E-state index contributed by atoms with van der Waals surface area (Å²) in [5.74, 6) is -3.04. The molecule has 6 rings (SSSR count). The Balaban J connectivity index is 1.44. The van der Waals surface area contributed by atoms with E-state index in [4.69, 9.17) is 16.3 Å². The number of ether oxygens (including phenoxy) is 1. The number of alkyl halides is 2. The van der Waals surface area contributed by atoms with Crippen molar-refractivity contribution in [2.45, 2.75) is 37.1 Å². The molecule has 1 aliphatic heterocycles. The number of benzene rings is 3. The SMILES string of the molecule is COC(=O)c1cccc(C2(n3c(=O)n(-c4ccc(N5CCC(F)(F)CC5)cc4)c4cc(Cl)ccc43)CC2)c1. The lowest BCUT2D eigenvalue weighted by atomic mass is 10.0. The average Bonchev–Trinajstić information content (AvgIpc) is 3.66. The van der Waals surface area contributed by atoms with Crippen molar-refractivity contribution in [3.05, 3.63) is 93.4 Å². The molecule has 1 saturated heterocycles. The monoisotopic (exact) mass is 537 g/mol. The third-order valence-corrected chi connectivity index (χ3v) is 7.98. The van der Waals surface area contributed by atoms with Crippen LogP contribution in [0.25, 0.3) is 16.7 Å². The molecule has 2 fully saturated rings. The van der Waals surface area contributed by atoms with Crippen LogP contribution in [0.5, 0.6) is 0 Å². The van der Waals surface area contributed by atoms with Gasteiger partial charge in [-0.3, -0.25) is 9.13 Å². The summed E-state index contributed by atoms with van der Waals surface area (Å²) >= 11 is 6.36. The second-order valence-corrected chi connectivity index (χ2v) is 10.5. The van der Waals surface area contributed by atoms with Crippen molar-refractivity contribution >= 4 is 34.3 Å². The Morgan fingerprint density at radius 2 is 1.58 bits per heavy atom. The van der Waals surface area contributed by atoms with Gasteiger partial charge in [0.2, 0.25) is 0 Å². The molecule has 1 aromatic heterocycles. The van der Waals surface area contributed by atoms with Gasteiger partial charge in [0.05, 0.1) is 34.9 Å². The number of piperidine rings is 1. The summed E-state index contributed by atoms with van der Waals surface area (Å²) in [5.41, 5.74) is 3.41. The number of methoxy groups -OCH3 is 1. The first-order valence-corrected chi connectivity index (χ1v) is 13.0. The van der Waals surface area contributed by atoms with E-state index in [9.17, 15) is 18.4 Å². The lowest BCUT2D eigenvalue weighted by Crippen LogP contribution is -2.39. The zero-order valence-corrected chi connectivity index (χ0v) is 21.5. The molecule has 0 N–H and O–H groups in total. The summed E-state index contributed by atoms with van der Waals surface area (Å²) in [7, 11) is 1.34. The van der Waals surface area contributed by atoms with Crippen molar-refractivity contribution in [3.8, 4) is 5.69 Å². The van der Waals surface area contributed by atoms with Gasteiger partial charge in [-0.15, -0.1) is 0 Å². The van der Waals surface area contributed by atoms with Crippen LogP contribution in [0.3, 0.4) is 0 Å². The highest BCUT2D eigenvalue weighted by Gasteiger charge is 2.49. The summed E-state index contributed by atoms with van der Waals surface area (Å²) in [6, 6.07) is 20.0. The Kier molecular flexibility index (Phi) is 5.83. The molecule has 3 aromatic carbocycles. The van der Waals surface area contributed by atoms with E-state index in [-0.39, 0.29) is 31.6 Å². The molecular formula is C29H26ClF2N3O3. The first-order chi connectivity index (χ1) is 18.2. The normalized spacial score (nSPS) is 17.9. The minimum atomic E-state index is -2.61. The second-order valence-electron chi connectivity index (χ2n) is 10.0. The van der Waals surface area contributed by atoms with Crippen LogP contribution in [0.4, 0.5) is 14.5 Å². The van der Waals surface area contributed by atoms with Crippen LogP contribution in [-0.4, -0.2) is 41.2 Å². The molecule has 1 saturated carbocycles. The molecule has 0 radical (unpaired) electrons. The van der Waals surface area contributed by atoms with Crippen molar-refractivity contribution in [2.75, 3.05) is 25.1 Å². The topological polar surface area (TPSA) is 56.5 Å². The Morgan fingerprint density at radius 3 is 2.24 bits per heavy atom. The van der Waals surface area contributed by atoms with Crippen molar-refractivity contribution < 1.29 is 18.3 Å². The number of aromatic nitrogens is 2. The molecule has 1 aliphatic carbocycles. The van der Waals surface area contributed by atoms with Crippen LogP contribution in [0.1, 0.15) is 41.6 Å². The van der Waals surface area contributed by atoms with Crippen LogP contribution in [0, 0.1) is 0 Å². The predicted octanol–water partition coefficient (Wildman–Crippen LogP) is 6.01. The Hall–Kier alpha value is -3.65. The van der Waals surface area contributed by atoms with Gasteiger partial charge in [-0.1, -0.05) is 23.7 Å². The minimum Gasteiger partial charge on any atom is -0.465 e. The van der Waals surface area contributed by atoms with E-state index in [2.05, 4.69) is 0 Å². The molecule has 0 amide bonds. The Labute approximate surface area is 223 Å². The van der Waals surface area contributed by atoms with Crippen LogP contribution in [-0.2, 0) is 10.3 Å². The smallest absolute Gasteiger partial charge is 0.337 e. The highest BCUT2D eigenvalue weighted by molar-refractivity contribution is 6.31. The number of esters is 1. The molecule has 0 bridgehead atoms. The molecule has 2 aliphatic rings. The van der Waals surface area contributed by atoms with Crippen LogP contribution in [0.2, 0.25) is 5.02 Å². The maximum atomic E-state index is 14.1. The maximum absolute atomic E-state index is 14.1. The summed E-state index contributed by atoms with van der Waals surface area (Å²) in [5, 5.41) is 0.506. The van der Waals surface area contributed by atoms with Gasteiger partial charge in [-0.05, 0) is 73.0 Å². The molecule has 0 spiro atoms. The summed E-state index contributed by atoms with van der Waals surface area (Å²) in [6.07, 6.45) is 1.16. The number of rotatable bonds is 5. The second kappa shape index (κ2) is 8.98. The first-order valence-electron chi connectivity index (χ1n) is 12.6. The molecule has 0 atom stereocenters. The number of halogens is 3. The van der Waals surface area contributed by atoms with Gasteiger partial charge in [0.15, 0.2) is 0 Å². The van der Waals surface area contributed by atoms with Gasteiger partial charge in [0.25, 0.3) is 5.92 Å². The number of hydrogen-bond acceptors (Lipinski definition) is 4. The predicted molar refractivity (Wildman–Crippen MR) is 143 cm³/mol. The van der Waals surface area contributed by atoms with Gasteiger partial charge in [-0.25, -0.2) is 18.4 Å². The van der Waals surface area contributed by atoms with Gasteiger partial charge >= 0.3 is 11.7 Å².